The molecule has 1 unspecified atom stereocenters. The quantitative estimate of drug-likeness (QED) is 0.206. The van der Waals surface area contributed by atoms with Crippen LogP contribution in [0.5, 0.6) is 5.75 Å². The van der Waals surface area contributed by atoms with Gasteiger partial charge in [-0.1, -0.05) is 24.3 Å². The molecule has 2 atom stereocenters. The van der Waals surface area contributed by atoms with Crippen molar-refractivity contribution in [3.63, 3.8) is 0 Å². The third-order valence-electron chi connectivity index (χ3n) is 8.42. The molecule has 0 bridgehead atoms. The van der Waals surface area contributed by atoms with Gasteiger partial charge in [0.1, 0.15) is 11.6 Å². The van der Waals surface area contributed by atoms with E-state index >= 15 is 0 Å². The molecule has 5 rings (SSSR count). The van der Waals surface area contributed by atoms with Crippen molar-refractivity contribution in [1.29, 1.82) is 0 Å². The van der Waals surface area contributed by atoms with Crippen LogP contribution in [0.3, 0.4) is 0 Å². The smallest absolute Gasteiger partial charge is 0.340 e. The van der Waals surface area contributed by atoms with E-state index < -0.39 is 17.7 Å². The topological polar surface area (TPSA) is 60.9 Å². The van der Waals surface area contributed by atoms with E-state index in [1.165, 1.54) is 25.0 Å². The Morgan fingerprint density at radius 1 is 0.977 bits per heavy atom. The number of rotatable bonds is 11. The van der Waals surface area contributed by atoms with Gasteiger partial charge in [0.2, 0.25) is 0 Å². The summed E-state index contributed by atoms with van der Waals surface area (Å²) in [5.74, 6) is 1.60. The van der Waals surface area contributed by atoms with E-state index in [1.54, 1.807) is 12.1 Å². The van der Waals surface area contributed by atoms with Crippen molar-refractivity contribution in [3.05, 3.63) is 76.9 Å². The standard InChI is InChI=1S/C37H47FN2O4/c1-23(2)43-36(41)35(44-37(5,6)7)33-25(4)39-24(3)32(34(33)40-20-18-29(22-40)27-10-11-27)28-12-16-31(17-13-28)42-21-19-26-8-14-30(38)15-9-26/h8-9,12-17,23,27,29,35H,10-11,18-22H2,1-7H3/t29?,35-/m0/s1. The molecule has 6 nitrogen and oxygen atoms in total. The van der Waals surface area contributed by atoms with Crippen LogP contribution in [0, 0.1) is 31.5 Å². The van der Waals surface area contributed by atoms with Gasteiger partial charge < -0.3 is 19.1 Å². The first kappa shape index (κ1) is 32.0. The number of esters is 1. The Hall–Kier alpha value is -3.45. The number of pyridine rings is 1. The number of carbonyl (C=O) groups excluding carboxylic acids is 1. The maximum absolute atomic E-state index is 13.7. The number of ether oxygens (including phenoxy) is 3. The van der Waals surface area contributed by atoms with E-state index in [9.17, 15) is 9.18 Å². The Labute approximate surface area is 261 Å². The first-order chi connectivity index (χ1) is 20.9. The number of nitrogens with zero attached hydrogens (tertiary/aromatic N) is 2. The van der Waals surface area contributed by atoms with E-state index in [1.807, 2.05) is 60.6 Å². The molecule has 1 aliphatic carbocycles. The summed E-state index contributed by atoms with van der Waals surface area (Å²) in [6.07, 6.45) is 3.28. The van der Waals surface area contributed by atoms with Crippen LogP contribution >= 0.6 is 0 Å². The highest BCUT2D eigenvalue weighted by Gasteiger charge is 2.40. The number of carbonyl (C=O) groups is 1. The van der Waals surface area contributed by atoms with Crippen LogP contribution in [0.4, 0.5) is 10.1 Å². The van der Waals surface area contributed by atoms with Gasteiger partial charge in [0, 0.05) is 42.0 Å². The summed E-state index contributed by atoms with van der Waals surface area (Å²) in [6, 6.07) is 14.6. The van der Waals surface area contributed by atoms with Gasteiger partial charge in [-0.05, 0) is 115 Å². The van der Waals surface area contributed by atoms with Crippen LogP contribution in [0.1, 0.15) is 82.5 Å². The molecule has 2 fully saturated rings. The van der Waals surface area contributed by atoms with E-state index in [-0.39, 0.29) is 11.9 Å². The molecule has 1 saturated heterocycles. The van der Waals surface area contributed by atoms with Gasteiger partial charge in [-0.3, -0.25) is 4.98 Å². The van der Waals surface area contributed by atoms with E-state index in [0.29, 0.717) is 18.9 Å². The number of halogens is 1. The summed E-state index contributed by atoms with van der Waals surface area (Å²) in [5, 5.41) is 0. The SMILES string of the molecule is Cc1nc(C)c([C@H](OC(C)(C)C)C(=O)OC(C)C)c(N2CCC(C3CC3)C2)c1-c1ccc(OCCc2ccc(F)cc2)cc1. The lowest BCUT2D eigenvalue weighted by atomic mass is 9.93. The van der Waals surface area contributed by atoms with Crippen molar-refractivity contribution in [3.8, 4) is 16.9 Å². The highest BCUT2D eigenvalue weighted by Crippen LogP contribution is 2.47. The molecule has 1 aromatic heterocycles. The zero-order valence-corrected chi connectivity index (χ0v) is 27.3. The Kier molecular flexibility index (Phi) is 9.64. The minimum Gasteiger partial charge on any atom is -0.493 e. The van der Waals surface area contributed by atoms with Crippen molar-refractivity contribution >= 4 is 11.7 Å². The Morgan fingerprint density at radius 3 is 2.27 bits per heavy atom. The van der Waals surface area contributed by atoms with Gasteiger partial charge >= 0.3 is 5.97 Å². The minimum atomic E-state index is -0.909. The lowest BCUT2D eigenvalue weighted by Crippen LogP contribution is -2.33. The van der Waals surface area contributed by atoms with Crippen LogP contribution < -0.4 is 9.64 Å². The molecular formula is C37H47FN2O4. The van der Waals surface area contributed by atoms with Crippen LogP contribution in [0.15, 0.2) is 48.5 Å². The molecular weight excluding hydrogens is 555 g/mol. The summed E-state index contributed by atoms with van der Waals surface area (Å²) < 4.78 is 31.6. The van der Waals surface area contributed by atoms with Crippen molar-refractivity contribution in [1.82, 2.24) is 4.98 Å². The minimum absolute atomic E-state index is 0.237. The van der Waals surface area contributed by atoms with Crippen LogP contribution in [-0.2, 0) is 20.7 Å². The fourth-order valence-electron chi connectivity index (χ4n) is 6.30. The molecule has 2 aromatic carbocycles. The molecule has 1 saturated carbocycles. The van der Waals surface area contributed by atoms with Gasteiger partial charge in [-0.25, -0.2) is 9.18 Å². The first-order valence-electron chi connectivity index (χ1n) is 16.0. The molecule has 7 heteroatoms. The molecule has 0 N–H and O–H groups in total. The maximum Gasteiger partial charge on any atom is 0.340 e. The third-order valence-corrected chi connectivity index (χ3v) is 8.42. The lowest BCUT2D eigenvalue weighted by Gasteiger charge is -2.33. The number of benzene rings is 2. The zero-order chi connectivity index (χ0) is 31.6. The van der Waals surface area contributed by atoms with E-state index in [0.717, 1.165) is 70.5 Å². The Balaban J connectivity index is 1.52. The third kappa shape index (κ3) is 7.79. The fourth-order valence-corrected chi connectivity index (χ4v) is 6.30. The molecule has 236 valence electrons. The maximum atomic E-state index is 13.7. The van der Waals surface area contributed by atoms with E-state index in [4.69, 9.17) is 19.2 Å². The second-order valence-electron chi connectivity index (χ2n) is 13.6. The summed E-state index contributed by atoms with van der Waals surface area (Å²) in [4.78, 5) is 21.2. The normalized spacial score (nSPS) is 17.7. The second kappa shape index (κ2) is 13.3. The zero-order valence-electron chi connectivity index (χ0n) is 27.3. The molecule has 0 radical (unpaired) electrons. The average molecular weight is 603 g/mol. The van der Waals surface area contributed by atoms with Crippen LogP contribution in [0.25, 0.3) is 11.1 Å². The summed E-state index contributed by atoms with van der Waals surface area (Å²) in [5.41, 5.74) is 5.99. The summed E-state index contributed by atoms with van der Waals surface area (Å²) in [6.45, 7) is 16.0. The van der Waals surface area contributed by atoms with Gasteiger partial charge in [0.05, 0.1) is 24.0 Å². The monoisotopic (exact) mass is 602 g/mol. The Bertz CT molecular complexity index is 1440. The number of aromatic nitrogens is 1. The Morgan fingerprint density at radius 2 is 1.66 bits per heavy atom. The number of anilines is 1. The molecule has 0 amide bonds. The highest BCUT2D eigenvalue weighted by atomic mass is 19.1. The van der Waals surface area contributed by atoms with Crippen molar-refractivity contribution in [2.75, 3.05) is 24.6 Å². The van der Waals surface area contributed by atoms with Gasteiger partial charge in [0.25, 0.3) is 0 Å². The number of hydrogen-bond donors (Lipinski definition) is 0. The van der Waals surface area contributed by atoms with Crippen molar-refractivity contribution < 1.29 is 23.4 Å². The lowest BCUT2D eigenvalue weighted by molar-refractivity contribution is -0.171. The van der Waals surface area contributed by atoms with E-state index in [2.05, 4.69) is 17.0 Å². The van der Waals surface area contributed by atoms with Crippen LogP contribution in [-0.4, -0.2) is 42.4 Å². The molecule has 3 aromatic rings. The molecule has 2 aliphatic rings. The fraction of sp³-hybridized carbons (Fsp3) is 0.514. The van der Waals surface area contributed by atoms with Gasteiger partial charge in [-0.15, -0.1) is 0 Å². The summed E-state index contributed by atoms with van der Waals surface area (Å²) in [7, 11) is 0. The number of hydrogen-bond acceptors (Lipinski definition) is 6. The molecule has 2 heterocycles. The average Bonchev–Trinajstić information content (AvgIpc) is 3.69. The second-order valence-corrected chi connectivity index (χ2v) is 13.6. The van der Waals surface area contributed by atoms with Crippen molar-refractivity contribution in [2.45, 2.75) is 92.0 Å². The van der Waals surface area contributed by atoms with Crippen molar-refractivity contribution in [2.24, 2.45) is 11.8 Å². The van der Waals surface area contributed by atoms with Gasteiger partial charge in [0.15, 0.2) is 6.10 Å². The molecule has 44 heavy (non-hydrogen) atoms. The largest absolute Gasteiger partial charge is 0.493 e. The predicted molar refractivity (Wildman–Crippen MR) is 173 cm³/mol. The predicted octanol–water partition coefficient (Wildman–Crippen LogP) is 8.17. The number of aryl methyl sites for hydroxylation is 2. The molecule has 0 spiro atoms. The van der Waals surface area contributed by atoms with Crippen LogP contribution in [0.2, 0.25) is 0 Å². The highest BCUT2D eigenvalue weighted by molar-refractivity contribution is 5.88. The van der Waals surface area contributed by atoms with Gasteiger partial charge in [-0.2, -0.15) is 0 Å². The first-order valence-corrected chi connectivity index (χ1v) is 16.0. The molecule has 1 aliphatic heterocycles. The summed E-state index contributed by atoms with van der Waals surface area (Å²) >= 11 is 0.